The number of ether oxygens (including phenoxy) is 1. The first-order valence-electron chi connectivity index (χ1n) is 6.03. The van der Waals surface area contributed by atoms with Crippen LogP contribution in [0.25, 0.3) is 0 Å². The minimum atomic E-state index is -5.67. The van der Waals surface area contributed by atoms with Crippen LogP contribution < -0.4 is 5.32 Å². The average molecular weight is 311 g/mol. The monoisotopic (exact) mass is 311 g/mol. The number of hydrogen-bond donors (Lipinski definition) is 1. The lowest BCUT2D eigenvalue weighted by atomic mass is 9.89. The minimum absolute atomic E-state index is 0.106. The molecule has 0 aromatic carbocycles. The van der Waals surface area contributed by atoms with Crippen molar-refractivity contribution in [2.45, 2.75) is 36.6 Å². The van der Waals surface area contributed by atoms with E-state index in [1.165, 1.54) is 12.2 Å². The summed E-state index contributed by atoms with van der Waals surface area (Å²) in [5.74, 6) is -0.299. The summed E-state index contributed by atoms with van der Waals surface area (Å²) in [7, 11) is -5.67. The average Bonchev–Trinajstić information content (AvgIpc) is 2.96. The number of epoxide rings is 1. The van der Waals surface area contributed by atoms with Crippen LogP contribution in [0.3, 0.4) is 0 Å². The van der Waals surface area contributed by atoms with Gasteiger partial charge in [-0.15, -0.1) is 0 Å². The van der Waals surface area contributed by atoms with Gasteiger partial charge in [0.1, 0.15) is 11.4 Å². The highest BCUT2D eigenvalue weighted by molar-refractivity contribution is 7.87. The predicted octanol–water partition coefficient (Wildman–Crippen LogP) is 1.20. The number of rotatable bonds is 2. The molecule has 5 nitrogen and oxygen atoms in total. The fourth-order valence-corrected chi connectivity index (χ4v) is 3.37. The smallest absolute Gasteiger partial charge is 0.376 e. The topological polar surface area (TPSA) is 67.9 Å². The molecule has 1 N–H and O–H groups in total. The maximum Gasteiger partial charge on any atom is 0.534 e. The van der Waals surface area contributed by atoms with Crippen LogP contribution in [-0.4, -0.2) is 38.2 Å². The van der Waals surface area contributed by atoms with Gasteiger partial charge in [0.05, 0.1) is 12.1 Å². The summed E-state index contributed by atoms with van der Waals surface area (Å²) < 4.78 is 69.3. The normalized spacial score (nSPS) is 38.2. The number of allylic oxidation sites excluding steroid dienone is 1. The molecule has 2 aliphatic heterocycles. The molecule has 112 valence electrons. The van der Waals surface area contributed by atoms with Gasteiger partial charge in [-0.1, -0.05) is 6.08 Å². The lowest BCUT2D eigenvalue weighted by Crippen LogP contribution is -2.45. The van der Waals surface area contributed by atoms with E-state index in [0.717, 1.165) is 6.42 Å². The molecule has 3 rings (SSSR count). The molecule has 0 radical (unpaired) electrons. The first-order chi connectivity index (χ1) is 9.22. The zero-order chi connectivity index (χ0) is 14.8. The Bertz CT molecular complexity index is 610. The van der Waals surface area contributed by atoms with Crippen molar-refractivity contribution in [3.63, 3.8) is 0 Å². The Balaban J connectivity index is 1.92. The number of piperidine rings is 1. The molecule has 2 heterocycles. The summed E-state index contributed by atoms with van der Waals surface area (Å²) in [5, 5.41) is 3.08. The second kappa shape index (κ2) is 3.99. The number of nitrogens with one attached hydrogen (secondary N) is 1. The van der Waals surface area contributed by atoms with Crippen LogP contribution >= 0.6 is 0 Å². The molecule has 20 heavy (non-hydrogen) atoms. The molecule has 0 saturated carbocycles. The minimum Gasteiger partial charge on any atom is -0.376 e. The van der Waals surface area contributed by atoms with E-state index >= 15 is 0 Å². The molecule has 1 aliphatic carbocycles. The van der Waals surface area contributed by atoms with Crippen molar-refractivity contribution in [1.82, 2.24) is 5.32 Å². The third-order valence-electron chi connectivity index (χ3n) is 3.77. The first kappa shape index (κ1) is 13.9. The quantitative estimate of drug-likeness (QED) is 0.471. The zero-order valence-electron chi connectivity index (χ0n) is 10.4. The Labute approximate surface area is 113 Å². The Kier molecular flexibility index (Phi) is 2.77. The van der Waals surface area contributed by atoms with Crippen LogP contribution in [0.1, 0.15) is 13.3 Å². The Hall–Kier alpha value is -1.06. The van der Waals surface area contributed by atoms with Gasteiger partial charge in [-0.3, -0.25) is 0 Å². The number of halogens is 3. The van der Waals surface area contributed by atoms with Crippen LogP contribution in [0, 0.1) is 0 Å². The SMILES string of the molecule is CC=C1C(OS(=O)(=O)C(F)(F)F)=CC2NCC[C@H]3O[C@@]123. The maximum atomic E-state index is 12.4. The van der Waals surface area contributed by atoms with Gasteiger partial charge in [0.15, 0.2) is 0 Å². The number of hydrogen-bond acceptors (Lipinski definition) is 5. The van der Waals surface area contributed by atoms with Crippen molar-refractivity contribution in [2.75, 3.05) is 6.54 Å². The van der Waals surface area contributed by atoms with Gasteiger partial charge in [-0.05, 0) is 26.0 Å². The van der Waals surface area contributed by atoms with E-state index in [0.29, 0.717) is 12.1 Å². The van der Waals surface area contributed by atoms with Gasteiger partial charge >= 0.3 is 15.6 Å². The summed E-state index contributed by atoms with van der Waals surface area (Å²) in [6.45, 7) is 2.26. The van der Waals surface area contributed by atoms with E-state index in [1.807, 2.05) is 0 Å². The summed E-state index contributed by atoms with van der Waals surface area (Å²) in [5.41, 5.74) is -5.86. The van der Waals surface area contributed by atoms with Gasteiger partial charge in [0.2, 0.25) is 0 Å². The van der Waals surface area contributed by atoms with Crippen LogP contribution in [0.15, 0.2) is 23.5 Å². The summed E-state index contributed by atoms with van der Waals surface area (Å²) in [6, 6.07) is -0.356. The number of alkyl halides is 3. The summed E-state index contributed by atoms with van der Waals surface area (Å²) >= 11 is 0. The van der Waals surface area contributed by atoms with E-state index in [-0.39, 0.29) is 17.9 Å². The van der Waals surface area contributed by atoms with Crippen molar-refractivity contribution in [2.24, 2.45) is 0 Å². The highest BCUT2D eigenvalue weighted by Gasteiger charge is 2.68. The second-order valence-corrected chi connectivity index (χ2v) is 6.37. The first-order valence-corrected chi connectivity index (χ1v) is 7.44. The van der Waals surface area contributed by atoms with Gasteiger partial charge in [-0.2, -0.15) is 21.6 Å². The van der Waals surface area contributed by atoms with Crippen molar-refractivity contribution in [3.8, 4) is 0 Å². The summed E-state index contributed by atoms with van der Waals surface area (Å²) in [6.07, 6.45) is 3.50. The van der Waals surface area contributed by atoms with Crippen molar-refractivity contribution in [1.29, 1.82) is 0 Å². The molecular formula is C11H12F3NO4S. The molecule has 0 aromatic rings. The van der Waals surface area contributed by atoms with E-state index in [1.54, 1.807) is 6.92 Å². The third-order valence-corrected chi connectivity index (χ3v) is 4.73. The zero-order valence-corrected chi connectivity index (χ0v) is 11.2. The van der Waals surface area contributed by atoms with Gasteiger partial charge in [-0.25, -0.2) is 0 Å². The van der Waals surface area contributed by atoms with Crippen molar-refractivity contribution < 1.29 is 30.5 Å². The van der Waals surface area contributed by atoms with E-state index in [4.69, 9.17) is 4.74 Å². The molecule has 0 bridgehead atoms. The Morgan fingerprint density at radius 2 is 2.25 bits per heavy atom. The second-order valence-electron chi connectivity index (χ2n) is 4.84. The molecule has 0 amide bonds. The largest absolute Gasteiger partial charge is 0.534 e. The van der Waals surface area contributed by atoms with Gasteiger partial charge < -0.3 is 14.2 Å². The fraction of sp³-hybridized carbons (Fsp3) is 0.636. The highest BCUT2D eigenvalue weighted by Crippen LogP contribution is 2.56. The maximum absolute atomic E-state index is 12.4. The molecule has 2 fully saturated rings. The van der Waals surface area contributed by atoms with Gasteiger partial charge in [0, 0.05) is 5.57 Å². The lowest BCUT2D eigenvalue weighted by molar-refractivity contribution is -0.0520. The molecule has 0 aromatic heterocycles. The molecule has 1 unspecified atom stereocenters. The van der Waals surface area contributed by atoms with Crippen molar-refractivity contribution >= 4 is 10.1 Å². The fourth-order valence-electron chi connectivity index (χ4n) is 2.90. The van der Waals surface area contributed by atoms with Crippen LogP contribution in [0.2, 0.25) is 0 Å². The molecule has 2 saturated heterocycles. The van der Waals surface area contributed by atoms with E-state index in [2.05, 4.69) is 9.50 Å². The van der Waals surface area contributed by atoms with E-state index < -0.39 is 21.2 Å². The molecular weight excluding hydrogens is 299 g/mol. The van der Waals surface area contributed by atoms with Crippen molar-refractivity contribution in [3.05, 3.63) is 23.5 Å². The van der Waals surface area contributed by atoms with Crippen LogP contribution in [0.5, 0.6) is 0 Å². The molecule has 9 heteroatoms. The van der Waals surface area contributed by atoms with Crippen LogP contribution in [-0.2, 0) is 19.0 Å². The highest BCUT2D eigenvalue weighted by atomic mass is 32.2. The predicted molar refractivity (Wildman–Crippen MR) is 61.9 cm³/mol. The summed E-state index contributed by atoms with van der Waals surface area (Å²) in [4.78, 5) is 0. The van der Waals surface area contributed by atoms with E-state index in [9.17, 15) is 21.6 Å². The lowest BCUT2D eigenvalue weighted by Gasteiger charge is -2.22. The Morgan fingerprint density at radius 1 is 1.55 bits per heavy atom. The standard InChI is InChI=1S/C11H12F3NO4S/c1-2-6-7(19-20(16,17)11(12,13)14)5-8-10(6)9(18-10)3-4-15-8/h2,5,8-9,15H,3-4H2,1H3/t8?,9-,10+/m1/s1. The molecule has 3 aliphatic rings. The van der Waals surface area contributed by atoms with Gasteiger partial charge in [0.25, 0.3) is 0 Å². The third kappa shape index (κ3) is 1.73. The van der Waals surface area contributed by atoms with Crippen LogP contribution in [0.4, 0.5) is 13.2 Å². The molecule has 3 atom stereocenters. The Morgan fingerprint density at radius 3 is 2.85 bits per heavy atom. The molecule has 1 spiro atoms.